The number of nitrogens with zero attached hydrogens (tertiary/aromatic N) is 1. The van der Waals surface area contributed by atoms with Crippen LogP contribution in [0.3, 0.4) is 0 Å². The molecule has 0 spiro atoms. The number of anilines is 1. The van der Waals surface area contributed by atoms with Crippen LogP contribution in [-0.4, -0.2) is 37.7 Å². The maximum absolute atomic E-state index is 12.8. The molecule has 0 aliphatic carbocycles. The van der Waals surface area contributed by atoms with E-state index in [1.807, 2.05) is 19.1 Å². The quantitative estimate of drug-likeness (QED) is 0.519. The minimum Gasteiger partial charge on any atom is -0.427 e. The van der Waals surface area contributed by atoms with Gasteiger partial charge in [0, 0.05) is 25.2 Å². The second-order valence-electron chi connectivity index (χ2n) is 7.95. The number of carbonyl (C=O) groups excluding carboxylic acids is 2. The summed E-state index contributed by atoms with van der Waals surface area (Å²) in [5, 5.41) is 2.68. The Balaban J connectivity index is 1.49. The molecule has 1 saturated heterocycles. The molecule has 0 bridgehead atoms. The number of nitrogens with one attached hydrogen (secondary N) is 1. The van der Waals surface area contributed by atoms with Crippen LogP contribution in [-0.2, 0) is 19.6 Å². The van der Waals surface area contributed by atoms with Gasteiger partial charge in [-0.15, -0.1) is 0 Å². The van der Waals surface area contributed by atoms with Crippen molar-refractivity contribution >= 4 is 27.6 Å². The molecule has 166 valence electrons. The molecular weight excluding hydrogens is 416 g/mol. The molecule has 0 atom stereocenters. The third-order valence-corrected chi connectivity index (χ3v) is 7.24. The van der Waals surface area contributed by atoms with Crippen LogP contribution in [0.4, 0.5) is 5.69 Å². The minimum atomic E-state index is -3.53. The van der Waals surface area contributed by atoms with E-state index in [0.717, 1.165) is 18.4 Å². The lowest BCUT2D eigenvalue weighted by Gasteiger charge is -2.29. The van der Waals surface area contributed by atoms with Gasteiger partial charge in [0.25, 0.3) is 0 Å². The van der Waals surface area contributed by atoms with Crippen molar-refractivity contribution in [1.82, 2.24) is 4.31 Å². The van der Waals surface area contributed by atoms with Crippen LogP contribution in [0.15, 0.2) is 53.4 Å². The number of carbonyl (C=O) groups is 2. The molecule has 0 aromatic heterocycles. The van der Waals surface area contributed by atoms with E-state index in [-0.39, 0.29) is 23.6 Å². The number of sulfonamides is 1. The summed E-state index contributed by atoms with van der Waals surface area (Å²) in [6, 6.07) is 13.2. The number of rotatable bonds is 7. The number of ether oxygens (including phenoxy) is 1. The van der Waals surface area contributed by atoms with Crippen LogP contribution in [0, 0.1) is 12.8 Å². The zero-order chi connectivity index (χ0) is 22.4. The van der Waals surface area contributed by atoms with Gasteiger partial charge in [-0.3, -0.25) is 9.59 Å². The monoisotopic (exact) mass is 444 g/mol. The maximum atomic E-state index is 12.8. The van der Waals surface area contributed by atoms with Crippen molar-refractivity contribution < 1.29 is 22.7 Å². The molecule has 8 heteroatoms. The molecule has 0 unspecified atom stereocenters. The van der Waals surface area contributed by atoms with E-state index in [1.54, 1.807) is 24.3 Å². The van der Waals surface area contributed by atoms with Gasteiger partial charge < -0.3 is 10.1 Å². The van der Waals surface area contributed by atoms with Gasteiger partial charge in [-0.05, 0) is 62.1 Å². The first-order valence-corrected chi connectivity index (χ1v) is 11.9. The molecule has 1 N–H and O–H groups in total. The number of amides is 1. The van der Waals surface area contributed by atoms with Crippen molar-refractivity contribution in [2.45, 2.75) is 44.4 Å². The van der Waals surface area contributed by atoms with E-state index in [1.165, 1.54) is 16.4 Å². The summed E-state index contributed by atoms with van der Waals surface area (Å²) in [6.07, 6.45) is 1.63. The largest absolute Gasteiger partial charge is 0.427 e. The van der Waals surface area contributed by atoms with E-state index in [9.17, 15) is 18.0 Å². The molecule has 3 rings (SSSR count). The normalized spacial score (nSPS) is 15.4. The fraction of sp³-hybridized carbons (Fsp3) is 0.391. The lowest BCUT2D eigenvalue weighted by Crippen LogP contribution is -2.37. The standard InChI is InChI=1S/C23H28N2O5S/c1-17-3-7-20(8-4-17)30-23(27)12-11-22(26)24-19-5-9-21(10-6-19)31(28,29)25-15-13-18(2)14-16-25/h3-10,18H,11-16H2,1-2H3,(H,24,26). The minimum absolute atomic E-state index is 0.0310. The van der Waals surface area contributed by atoms with Gasteiger partial charge in [-0.1, -0.05) is 24.6 Å². The molecule has 1 aliphatic rings. The Morgan fingerprint density at radius 1 is 1.00 bits per heavy atom. The second kappa shape index (κ2) is 10.1. The SMILES string of the molecule is Cc1ccc(OC(=O)CCC(=O)Nc2ccc(S(=O)(=O)N3CCC(C)CC3)cc2)cc1. The molecule has 1 aliphatic heterocycles. The third kappa shape index (κ3) is 6.38. The Morgan fingerprint density at radius 2 is 1.61 bits per heavy atom. The number of hydrogen-bond donors (Lipinski definition) is 1. The Hall–Kier alpha value is -2.71. The summed E-state index contributed by atoms with van der Waals surface area (Å²) in [4.78, 5) is 24.2. The van der Waals surface area contributed by atoms with Gasteiger partial charge in [0.2, 0.25) is 15.9 Å². The Bertz CT molecular complexity index is 1010. The highest BCUT2D eigenvalue weighted by Gasteiger charge is 2.27. The lowest BCUT2D eigenvalue weighted by atomic mass is 10.0. The van der Waals surface area contributed by atoms with Crippen molar-refractivity contribution in [3.8, 4) is 5.75 Å². The Kier molecular flexibility index (Phi) is 7.46. The van der Waals surface area contributed by atoms with Gasteiger partial charge in [0.05, 0.1) is 11.3 Å². The van der Waals surface area contributed by atoms with Crippen molar-refractivity contribution in [3.05, 3.63) is 54.1 Å². The number of aryl methyl sites for hydroxylation is 1. The first-order chi connectivity index (χ1) is 14.7. The smallest absolute Gasteiger partial charge is 0.311 e. The van der Waals surface area contributed by atoms with Crippen molar-refractivity contribution in [2.24, 2.45) is 5.92 Å². The first-order valence-electron chi connectivity index (χ1n) is 10.4. The fourth-order valence-electron chi connectivity index (χ4n) is 3.31. The average Bonchev–Trinajstić information content (AvgIpc) is 2.75. The first kappa shape index (κ1) is 23.0. The zero-order valence-electron chi connectivity index (χ0n) is 17.8. The Morgan fingerprint density at radius 3 is 2.23 bits per heavy atom. The van der Waals surface area contributed by atoms with Crippen LogP contribution >= 0.6 is 0 Å². The number of benzene rings is 2. The maximum Gasteiger partial charge on any atom is 0.311 e. The number of esters is 1. The van der Waals surface area contributed by atoms with Gasteiger partial charge in [0.15, 0.2) is 0 Å². The summed E-state index contributed by atoms with van der Waals surface area (Å²) in [5.41, 5.74) is 1.53. The van der Waals surface area contributed by atoms with Crippen LogP contribution in [0.1, 0.15) is 38.2 Å². The average molecular weight is 445 g/mol. The highest BCUT2D eigenvalue weighted by molar-refractivity contribution is 7.89. The molecule has 1 amide bonds. The summed E-state index contributed by atoms with van der Waals surface area (Å²) < 4.78 is 32.2. The van der Waals surface area contributed by atoms with Crippen LogP contribution in [0.25, 0.3) is 0 Å². The molecule has 7 nitrogen and oxygen atoms in total. The molecule has 1 fully saturated rings. The van der Waals surface area contributed by atoms with E-state index < -0.39 is 16.0 Å². The highest BCUT2D eigenvalue weighted by atomic mass is 32.2. The predicted octanol–water partition coefficient (Wildman–Crippen LogP) is 3.74. The summed E-state index contributed by atoms with van der Waals surface area (Å²) in [5.74, 6) is 0.145. The second-order valence-corrected chi connectivity index (χ2v) is 9.88. The van der Waals surface area contributed by atoms with Gasteiger partial charge >= 0.3 is 5.97 Å². The third-order valence-electron chi connectivity index (χ3n) is 5.33. The molecule has 1 heterocycles. The molecule has 2 aromatic carbocycles. The topological polar surface area (TPSA) is 92.8 Å². The fourth-order valence-corrected chi connectivity index (χ4v) is 4.78. The van der Waals surface area contributed by atoms with Crippen LogP contribution < -0.4 is 10.1 Å². The van der Waals surface area contributed by atoms with Crippen molar-refractivity contribution in [3.63, 3.8) is 0 Å². The summed E-state index contributed by atoms with van der Waals surface area (Å²) >= 11 is 0. The highest BCUT2D eigenvalue weighted by Crippen LogP contribution is 2.24. The van der Waals surface area contributed by atoms with Gasteiger partial charge in [-0.2, -0.15) is 4.31 Å². The van der Waals surface area contributed by atoms with E-state index in [2.05, 4.69) is 12.2 Å². The van der Waals surface area contributed by atoms with E-state index in [0.29, 0.717) is 30.4 Å². The summed E-state index contributed by atoms with van der Waals surface area (Å²) in [6.45, 7) is 5.12. The molecule has 0 radical (unpaired) electrons. The number of piperidine rings is 1. The molecule has 0 saturated carbocycles. The lowest BCUT2D eigenvalue weighted by molar-refractivity contribution is -0.135. The van der Waals surface area contributed by atoms with Crippen LogP contribution in [0.5, 0.6) is 5.75 Å². The van der Waals surface area contributed by atoms with Crippen LogP contribution in [0.2, 0.25) is 0 Å². The molecule has 31 heavy (non-hydrogen) atoms. The zero-order valence-corrected chi connectivity index (χ0v) is 18.7. The number of hydrogen-bond acceptors (Lipinski definition) is 5. The predicted molar refractivity (Wildman–Crippen MR) is 118 cm³/mol. The molecule has 2 aromatic rings. The van der Waals surface area contributed by atoms with Gasteiger partial charge in [0.1, 0.15) is 5.75 Å². The van der Waals surface area contributed by atoms with E-state index in [4.69, 9.17) is 4.74 Å². The Labute approximate surface area is 183 Å². The summed E-state index contributed by atoms with van der Waals surface area (Å²) in [7, 11) is -3.53. The molecular formula is C23H28N2O5S. The van der Waals surface area contributed by atoms with Crippen molar-refractivity contribution in [1.29, 1.82) is 0 Å². The van der Waals surface area contributed by atoms with Crippen molar-refractivity contribution in [2.75, 3.05) is 18.4 Å². The van der Waals surface area contributed by atoms with E-state index >= 15 is 0 Å². The van der Waals surface area contributed by atoms with Gasteiger partial charge in [-0.25, -0.2) is 8.42 Å².